The minimum atomic E-state index is -0.919. The Labute approximate surface area is 147 Å². The lowest BCUT2D eigenvalue weighted by atomic mass is 9.97. The van der Waals surface area contributed by atoms with Gasteiger partial charge in [-0.05, 0) is 51.2 Å². The van der Waals surface area contributed by atoms with E-state index in [0.29, 0.717) is 6.54 Å². The SMILES string of the molecule is C[C@@H](OC(=O)COc1ccccc1F)C(=O)NCCC1=CCCCC1. The predicted molar refractivity (Wildman–Crippen MR) is 91.6 cm³/mol. The molecule has 25 heavy (non-hydrogen) atoms. The third-order valence-corrected chi connectivity index (χ3v) is 3.99. The number of carbonyl (C=O) groups is 2. The van der Waals surface area contributed by atoms with Crippen molar-refractivity contribution in [3.05, 3.63) is 41.7 Å². The Morgan fingerprint density at radius 1 is 1.28 bits per heavy atom. The molecule has 0 radical (unpaired) electrons. The first-order valence-electron chi connectivity index (χ1n) is 8.58. The maximum atomic E-state index is 13.4. The van der Waals surface area contributed by atoms with Crippen molar-refractivity contribution >= 4 is 11.9 Å². The lowest BCUT2D eigenvalue weighted by Crippen LogP contribution is -2.37. The molecule has 0 saturated carbocycles. The van der Waals surface area contributed by atoms with Crippen molar-refractivity contribution in [1.29, 1.82) is 0 Å². The normalized spacial score (nSPS) is 15.0. The lowest BCUT2D eigenvalue weighted by Gasteiger charge is -2.16. The van der Waals surface area contributed by atoms with E-state index >= 15 is 0 Å². The molecule has 0 spiro atoms. The maximum Gasteiger partial charge on any atom is 0.344 e. The zero-order valence-corrected chi connectivity index (χ0v) is 14.4. The van der Waals surface area contributed by atoms with E-state index < -0.39 is 24.5 Å². The average molecular weight is 349 g/mol. The fourth-order valence-electron chi connectivity index (χ4n) is 2.60. The van der Waals surface area contributed by atoms with Gasteiger partial charge < -0.3 is 14.8 Å². The zero-order chi connectivity index (χ0) is 18.1. The third-order valence-electron chi connectivity index (χ3n) is 3.99. The summed E-state index contributed by atoms with van der Waals surface area (Å²) in [4.78, 5) is 23.6. The molecule has 0 saturated heterocycles. The highest BCUT2D eigenvalue weighted by atomic mass is 19.1. The minimum Gasteiger partial charge on any atom is -0.479 e. The number of esters is 1. The molecule has 136 valence electrons. The number of allylic oxidation sites excluding steroid dienone is 1. The lowest BCUT2D eigenvalue weighted by molar-refractivity contribution is -0.156. The second kappa shape index (κ2) is 9.81. The molecule has 6 heteroatoms. The second-order valence-electron chi connectivity index (χ2n) is 6.00. The number of carbonyl (C=O) groups excluding carboxylic acids is 2. The van der Waals surface area contributed by atoms with Crippen LogP contribution in [-0.2, 0) is 14.3 Å². The number of rotatable bonds is 8. The first-order chi connectivity index (χ1) is 12.1. The molecule has 0 bridgehead atoms. The van der Waals surface area contributed by atoms with Crippen molar-refractivity contribution in [2.45, 2.75) is 45.1 Å². The number of nitrogens with one attached hydrogen (secondary N) is 1. The van der Waals surface area contributed by atoms with Crippen LogP contribution >= 0.6 is 0 Å². The van der Waals surface area contributed by atoms with Gasteiger partial charge in [-0.1, -0.05) is 23.8 Å². The average Bonchev–Trinajstić information content (AvgIpc) is 2.62. The van der Waals surface area contributed by atoms with Gasteiger partial charge in [0.05, 0.1) is 0 Å². The van der Waals surface area contributed by atoms with Crippen LogP contribution in [0.25, 0.3) is 0 Å². The van der Waals surface area contributed by atoms with Crippen LogP contribution in [0.2, 0.25) is 0 Å². The van der Waals surface area contributed by atoms with Crippen LogP contribution < -0.4 is 10.1 Å². The molecule has 2 rings (SSSR count). The van der Waals surface area contributed by atoms with Crippen LogP contribution in [0.5, 0.6) is 5.75 Å². The maximum absolute atomic E-state index is 13.4. The summed E-state index contributed by atoms with van der Waals surface area (Å²) < 4.78 is 23.4. The zero-order valence-electron chi connectivity index (χ0n) is 14.4. The van der Waals surface area contributed by atoms with E-state index in [9.17, 15) is 14.0 Å². The van der Waals surface area contributed by atoms with Gasteiger partial charge in [0.2, 0.25) is 0 Å². The number of hydrogen-bond donors (Lipinski definition) is 1. The molecule has 1 atom stereocenters. The first kappa shape index (κ1) is 19.0. The molecule has 5 nitrogen and oxygen atoms in total. The van der Waals surface area contributed by atoms with Crippen LogP contribution in [0, 0.1) is 5.82 Å². The van der Waals surface area contributed by atoms with Crippen molar-refractivity contribution in [3.63, 3.8) is 0 Å². The van der Waals surface area contributed by atoms with Gasteiger partial charge in [-0.3, -0.25) is 4.79 Å². The molecule has 1 aromatic carbocycles. The van der Waals surface area contributed by atoms with Gasteiger partial charge in [-0.2, -0.15) is 0 Å². The highest BCUT2D eigenvalue weighted by Gasteiger charge is 2.18. The van der Waals surface area contributed by atoms with Gasteiger partial charge in [0, 0.05) is 6.54 Å². The Morgan fingerprint density at radius 2 is 2.08 bits per heavy atom. The molecule has 0 fully saturated rings. The second-order valence-corrected chi connectivity index (χ2v) is 6.00. The fraction of sp³-hybridized carbons (Fsp3) is 0.474. The summed E-state index contributed by atoms with van der Waals surface area (Å²) in [6.45, 7) is 1.57. The summed E-state index contributed by atoms with van der Waals surface area (Å²) in [7, 11) is 0. The van der Waals surface area contributed by atoms with Crippen molar-refractivity contribution in [3.8, 4) is 5.75 Å². The number of benzene rings is 1. The number of hydrogen-bond acceptors (Lipinski definition) is 4. The molecule has 1 N–H and O–H groups in total. The van der Waals surface area contributed by atoms with Gasteiger partial charge in [0.25, 0.3) is 5.91 Å². The first-order valence-corrected chi connectivity index (χ1v) is 8.58. The summed E-state index contributed by atoms with van der Waals surface area (Å²) in [5.74, 6) is -1.66. The molecule has 0 aliphatic heterocycles. The van der Waals surface area contributed by atoms with Crippen LogP contribution in [0.4, 0.5) is 4.39 Å². The third kappa shape index (κ3) is 6.57. The smallest absolute Gasteiger partial charge is 0.344 e. The number of halogens is 1. The molecule has 1 amide bonds. The van der Waals surface area contributed by atoms with Crippen LogP contribution in [0.15, 0.2) is 35.9 Å². The Balaban J connectivity index is 1.66. The molecule has 0 heterocycles. The van der Waals surface area contributed by atoms with E-state index in [0.717, 1.165) is 19.3 Å². The van der Waals surface area contributed by atoms with E-state index in [1.165, 1.54) is 43.5 Å². The summed E-state index contributed by atoms with van der Waals surface area (Å²) >= 11 is 0. The fourth-order valence-corrected chi connectivity index (χ4v) is 2.60. The minimum absolute atomic E-state index is 0.0303. The van der Waals surface area contributed by atoms with Gasteiger partial charge >= 0.3 is 5.97 Å². The van der Waals surface area contributed by atoms with Crippen molar-refractivity contribution < 1.29 is 23.5 Å². The molecule has 0 aromatic heterocycles. The van der Waals surface area contributed by atoms with Crippen molar-refractivity contribution in [1.82, 2.24) is 5.32 Å². The van der Waals surface area contributed by atoms with Gasteiger partial charge in [-0.25, -0.2) is 9.18 Å². The van der Waals surface area contributed by atoms with E-state index in [1.807, 2.05) is 0 Å². The van der Waals surface area contributed by atoms with Gasteiger partial charge in [-0.15, -0.1) is 0 Å². The number of para-hydroxylation sites is 1. The van der Waals surface area contributed by atoms with Crippen LogP contribution in [-0.4, -0.2) is 31.1 Å². The predicted octanol–water partition coefficient (Wildman–Crippen LogP) is 3.14. The Kier molecular flexibility index (Phi) is 7.44. The Hall–Kier alpha value is -2.37. The van der Waals surface area contributed by atoms with E-state index in [-0.39, 0.29) is 11.7 Å². The molecule has 1 aliphatic rings. The molecule has 1 aromatic rings. The highest BCUT2D eigenvalue weighted by molar-refractivity contribution is 5.83. The monoisotopic (exact) mass is 349 g/mol. The summed E-state index contributed by atoms with van der Waals surface area (Å²) in [6.07, 6.45) is 6.78. The number of amides is 1. The van der Waals surface area contributed by atoms with E-state index in [2.05, 4.69) is 11.4 Å². The van der Waals surface area contributed by atoms with Crippen LogP contribution in [0.3, 0.4) is 0 Å². The number of ether oxygens (including phenoxy) is 2. The largest absolute Gasteiger partial charge is 0.479 e. The summed E-state index contributed by atoms with van der Waals surface area (Å²) in [5.41, 5.74) is 1.37. The topological polar surface area (TPSA) is 64.6 Å². The summed E-state index contributed by atoms with van der Waals surface area (Å²) in [5, 5.41) is 2.76. The highest BCUT2D eigenvalue weighted by Crippen LogP contribution is 2.19. The quantitative estimate of drug-likeness (QED) is 0.578. The summed E-state index contributed by atoms with van der Waals surface area (Å²) in [6, 6.07) is 5.77. The van der Waals surface area contributed by atoms with Gasteiger partial charge in [0.1, 0.15) is 0 Å². The van der Waals surface area contributed by atoms with Crippen molar-refractivity contribution in [2.24, 2.45) is 0 Å². The van der Waals surface area contributed by atoms with E-state index in [4.69, 9.17) is 9.47 Å². The molecular weight excluding hydrogens is 325 g/mol. The Bertz CT molecular complexity index is 630. The van der Waals surface area contributed by atoms with E-state index in [1.54, 1.807) is 6.07 Å². The van der Waals surface area contributed by atoms with Gasteiger partial charge in [0.15, 0.2) is 24.3 Å². The molecule has 1 aliphatic carbocycles. The van der Waals surface area contributed by atoms with Crippen molar-refractivity contribution in [2.75, 3.05) is 13.2 Å². The Morgan fingerprint density at radius 3 is 2.80 bits per heavy atom. The molecule has 0 unspecified atom stereocenters. The molecular formula is C19H24FNO4. The standard InChI is InChI=1S/C19H24FNO4/c1-14(19(23)21-12-11-15-7-3-2-4-8-15)25-18(22)13-24-17-10-6-5-9-16(17)20/h5-7,9-10,14H,2-4,8,11-13H2,1H3,(H,21,23)/t14-/m1/s1. The van der Waals surface area contributed by atoms with Crippen LogP contribution in [0.1, 0.15) is 39.0 Å².